The highest BCUT2D eigenvalue weighted by Gasteiger charge is 2.16. The van der Waals surface area contributed by atoms with Gasteiger partial charge in [-0.1, -0.05) is 74.9 Å². The van der Waals surface area contributed by atoms with E-state index in [1.54, 1.807) is 24.3 Å². The minimum Gasteiger partial charge on any atom is -0.289 e. The van der Waals surface area contributed by atoms with Crippen LogP contribution in [0, 0.1) is 0 Å². The lowest BCUT2D eigenvalue weighted by atomic mass is 9.92. The summed E-state index contributed by atoms with van der Waals surface area (Å²) in [7, 11) is 0. The second-order valence-electron chi connectivity index (χ2n) is 4.84. The molecule has 2 aromatic carbocycles. The van der Waals surface area contributed by atoms with Gasteiger partial charge in [0.05, 0.1) is 0 Å². The molecule has 2 rings (SSSR count). The normalized spacial score (nSPS) is 9.82. The number of rotatable bonds is 6. The zero-order chi connectivity index (χ0) is 16.1. The molecule has 1 heteroatoms. The molecule has 0 saturated heterocycles. The van der Waals surface area contributed by atoms with Gasteiger partial charge in [0, 0.05) is 11.1 Å². The van der Waals surface area contributed by atoms with Gasteiger partial charge in [-0.25, -0.2) is 0 Å². The third-order valence-electron chi connectivity index (χ3n) is 3.56. The Hall–Kier alpha value is -2.93. The Bertz CT molecular complexity index is 713. The van der Waals surface area contributed by atoms with E-state index in [-0.39, 0.29) is 5.78 Å². The highest BCUT2D eigenvalue weighted by Crippen LogP contribution is 2.22. The Labute approximate surface area is 131 Å². The number of benzene rings is 2. The van der Waals surface area contributed by atoms with Crippen LogP contribution < -0.4 is 0 Å². The lowest BCUT2D eigenvalue weighted by molar-refractivity contribution is 0.103. The summed E-state index contributed by atoms with van der Waals surface area (Å²) in [6.07, 6.45) is 6.81. The van der Waals surface area contributed by atoms with E-state index in [4.69, 9.17) is 0 Å². The maximum absolute atomic E-state index is 13.0. The van der Waals surface area contributed by atoms with Crippen molar-refractivity contribution < 1.29 is 4.79 Å². The standard InChI is InChI=1S/C21H18O/c1-5-15-9-11-17(7-3)19(13-15)21(22)20-14-16(6-2)10-12-18(20)8-4/h5-14H,1-4H2. The van der Waals surface area contributed by atoms with Gasteiger partial charge < -0.3 is 0 Å². The molecule has 0 fully saturated rings. The maximum Gasteiger partial charge on any atom is 0.194 e. The lowest BCUT2D eigenvalue weighted by Gasteiger charge is -2.10. The largest absolute Gasteiger partial charge is 0.289 e. The van der Waals surface area contributed by atoms with E-state index in [2.05, 4.69) is 26.3 Å². The van der Waals surface area contributed by atoms with Gasteiger partial charge in [0.1, 0.15) is 0 Å². The summed E-state index contributed by atoms with van der Waals surface area (Å²) >= 11 is 0. The van der Waals surface area contributed by atoms with Gasteiger partial charge in [-0.3, -0.25) is 4.79 Å². The number of carbonyl (C=O) groups excluding carboxylic acids is 1. The molecule has 0 aliphatic carbocycles. The van der Waals surface area contributed by atoms with E-state index in [1.165, 1.54) is 0 Å². The summed E-state index contributed by atoms with van der Waals surface area (Å²) in [6.45, 7) is 15.1. The SMILES string of the molecule is C=Cc1ccc(C=C)c(C(=O)c2cc(C=C)ccc2C=C)c1. The highest BCUT2D eigenvalue weighted by molar-refractivity contribution is 6.13. The zero-order valence-corrected chi connectivity index (χ0v) is 12.5. The molecule has 0 aliphatic rings. The second kappa shape index (κ2) is 6.68. The molecule has 0 radical (unpaired) electrons. The first kappa shape index (κ1) is 15.5. The van der Waals surface area contributed by atoms with Gasteiger partial charge in [-0.2, -0.15) is 0 Å². The van der Waals surface area contributed by atoms with Gasteiger partial charge in [0.25, 0.3) is 0 Å². The summed E-state index contributed by atoms with van der Waals surface area (Å²) < 4.78 is 0. The molecule has 0 spiro atoms. The number of ketones is 1. The molecule has 0 N–H and O–H groups in total. The summed E-state index contributed by atoms with van der Waals surface area (Å²) in [5.74, 6) is -0.0581. The smallest absolute Gasteiger partial charge is 0.194 e. The second-order valence-corrected chi connectivity index (χ2v) is 4.84. The fourth-order valence-electron chi connectivity index (χ4n) is 2.30. The van der Waals surface area contributed by atoms with Gasteiger partial charge in [0.15, 0.2) is 5.78 Å². The minimum atomic E-state index is -0.0581. The first-order valence-electron chi connectivity index (χ1n) is 6.97. The topological polar surface area (TPSA) is 17.1 Å². The Kier molecular flexibility index (Phi) is 4.70. The average Bonchev–Trinajstić information content (AvgIpc) is 2.59. The van der Waals surface area contributed by atoms with Crippen LogP contribution in [0.3, 0.4) is 0 Å². The lowest BCUT2D eigenvalue weighted by Crippen LogP contribution is -2.06. The van der Waals surface area contributed by atoms with Crippen molar-refractivity contribution >= 4 is 30.1 Å². The molecule has 22 heavy (non-hydrogen) atoms. The molecule has 0 unspecified atom stereocenters. The van der Waals surface area contributed by atoms with E-state index in [1.807, 2.05) is 36.4 Å². The van der Waals surface area contributed by atoms with Crippen molar-refractivity contribution in [3.05, 3.63) is 96.1 Å². The third-order valence-corrected chi connectivity index (χ3v) is 3.56. The van der Waals surface area contributed by atoms with Gasteiger partial charge >= 0.3 is 0 Å². The molecule has 0 atom stereocenters. The summed E-state index contributed by atoms with van der Waals surface area (Å²) in [4.78, 5) is 13.0. The van der Waals surface area contributed by atoms with Crippen LogP contribution in [-0.2, 0) is 0 Å². The van der Waals surface area contributed by atoms with Crippen molar-refractivity contribution in [2.24, 2.45) is 0 Å². The summed E-state index contributed by atoms with van der Waals surface area (Å²) in [5.41, 5.74) is 4.61. The first-order valence-corrected chi connectivity index (χ1v) is 6.97. The summed E-state index contributed by atoms with van der Waals surface area (Å²) in [6, 6.07) is 11.2. The van der Waals surface area contributed by atoms with E-state index in [0.29, 0.717) is 11.1 Å². The van der Waals surface area contributed by atoms with Crippen LogP contribution in [0.4, 0.5) is 0 Å². The van der Waals surface area contributed by atoms with E-state index >= 15 is 0 Å². The van der Waals surface area contributed by atoms with Crippen LogP contribution in [0.5, 0.6) is 0 Å². The third kappa shape index (κ3) is 2.89. The van der Waals surface area contributed by atoms with Crippen molar-refractivity contribution in [2.75, 3.05) is 0 Å². The van der Waals surface area contributed by atoms with Gasteiger partial charge in [0.2, 0.25) is 0 Å². The average molecular weight is 286 g/mol. The van der Waals surface area contributed by atoms with Crippen LogP contribution in [0.2, 0.25) is 0 Å². The van der Waals surface area contributed by atoms with Crippen molar-refractivity contribution in [1.82, 2.24) is 0 Å². The fourth-order valence-corrected chi connectivity index (χ4v) is 2.30. The number of carbonyl (C=O) groups is 1. The van der Waals surface area contributed by atoms with E-state index in [9.17, 15) is 4.79 Å². The van der Waals surface area contributed by atoms with Crippen molar-refractivity contribution in [1.29, 1.82) is 0 Å². The molecule has 2 aromatic rings. The molecule has 0 heterocycles. The molecular formula is C21H18O. The number of hydrogen-bond acceptors (Lipinski definition) is 1. The fraction of sp³-hybridized carbons (Fsp3) is 0. The highest BCUT2D eigenvalue weighted by atomic mass is 16.1. The van der Waals surface area contributed by atoms with Crippen LogP contribution in [-0.4, -0.2) is 5.78 Å². The van der Waals surface area contributed by atoms with Crippen LogP contribution in [0.15, 0.2) is 62.7 Å². The predicted octanol–water partition coefficient (Wildman–Crippen LogP) is 5.49. The molecule has 0 aliphatic heterocycles. The molecule has 0 aromatic heterocycles. The van der Waals surface area contributed by atoms with Crippen LogP contribution >= 0.6 is 0 Å². The quantitative estimate of drug-likeness (QED) is 0.642. The Morgan fingerprint density at radius 1 is 0.682 bits per heavy atom. The molecule has 0 saturated carbocycles. The van der Waals surface area contributed by atoms with Crippen molar-refractivity contribution in [3.63, 3.8) is 0 Å². The van der Waals surface area contributed by atoms with Gasteiger partial charge in [-0.05, 0) is 34.4 Å². The maximum atomic E-state index is 13.0. The molecule has 0 amide bonds. The molecule has 0 bridgehead atoms. The Morgan fingerprint density at radius 3 is 1.41 bits per heavy atom. The number of hydrogen-bond donors (Lipinski definition) is 0. The Morgan fingerprint density at radius 2 is 1.09 bits per heavy atom. The van der Waals surface area contributed by atoms with Crippen LogP contribution in [0.25, 0.3) is 24.3 Å². The monoisotopic (exact) mass is 286 g/mol. The molecule has 1 nitrogen and oxygen atoms in total. The van der Waals surface area contributed by atoms with Crippen molar-refractivity contribution in [2.45, 2.75) is 0 Å². The molecular weight excluding hydrogens is 268 g/mol. The van der Waals surface area contributed by atoms with E-state index < -0.39 is 0 Å². The predicted molar refractivity (Wildman–Crippen MR) is 96.7 cm³/mol. The summed E-state index contributed by atoms with van der Waals surface area (Å²) in [5, 5.41) is 0. The first-order chi connectivity index (χ1) is 10.6. The van der Waals surface area contributed by atoms with Crippen molar-refractivity contribution in [3.8, 4) is 0 Å². The zero-order valence-electron chi connectivity index (χ0n) is 12.5. The minimum absolute atomic E-state index is 0.0581. The van der Waals surface area contributed by atoms with E-state index in [0.717, 1.165) is 22.3 Å². The molecule has 108 valence electrons. The van der Waals surface area contributed by atoms with Crippen LogP contribution in [0.1, 0.15) is 38.2 Å². The van der Waals surface area contributed by atoms with Gasteiger partial charge in [-0.15, -0.1) is 0 Å². The Balaban J connectivity index is 2.65.